The monoisotopic (exact) mass is 530 g/mol. The SMILES string of the molecule is CCOc1cc(C(=O)N2CCN(CCO)CC2)ccc1Nc1cc2c(cn1)N(C)C(=O)c1ccccc1N2C. The number of hydrogen-bond donors (Lipinski definition) is 2. The molecule has 10 nitrogen and oxygen atoms in total. The second-order valence-corrected chi connectivity index (χ2v) is 9.62. The van der Waals surface area contributed by atoms with Gasteiger partial charge < -0.3 is 29.9 Å². The van der Waals surface area contributed by atoms with Crippen LogP contribution in [0.3, 0.4) is 0 Å². The number of benzene rings is 2. The first kappa shape index (κ1) is 26.5. The van der Waals surface area contributed by atoms with Crippen LogP contribution < -0.4 is 19.9 Å². The van der Waals surface area contributed by atoms with Gasteiger partial charge in [0.15, 0.2) is 0 Å². The van der Waals surface area contributed by atoms with Crippen molar-refractivity contribution in [3.8, 4) is 5.75 Å². The van der Waals surface area contributed by atoms with E-state index < -0.39 is 0 Å². The van der Waals surface area contributed by atoms with Gasteiger partial charge in [0.05, 0.1) is 47.7 Å². The Balaban J connectivity index is 1.39. The summed E-state index contributed by atoms with van der Waals surface area (Å²) < 4.78 is 5.91. The first-order valence-electron chi connectivity index (χ1n) is 13.2. The maximum Gasteiger partial charge on any atom is 0.260 e. The van der Waals surface area contributed by atoms with Gasteiger partial charge in [0.2, 0.25) is 0 Å². The minimum absolute atomic E-state index is 0.0395. The van der Waals surface area contributed by atoms with Gasteiger partial charge in [-0.15, -0.1) is 0 Å². The van der Waals surface area contributed by atoms with Crippen molar-refractivity contribution in [2.45, 2.75) is 6.92 Å². The molecule has 2 aliphatic rings. The van der Waals surface area contributed by atoms with Crippen LogP contribution in [-0.4, -0.2) is 91.7 Å². The number of fused-ring (bicyclic) bond motifs is 2. The van der Waals surface area contributed by atoms with Gasteiger partial charge in [-0.05, 0) is 37.3 Å². The number of ether oxygens (including phenoxy) is 1. The Morgan fingerprint density at radius 2 is 1.77 bits per heavy atom. The molecule has 2 aliphatic heterocycles. The van der Waals surface area contributed by atoms with E-state index in [1.54, 1.807) is 30.3 Å². The van der Waals surface area contributed by atoms with E-state index in [1.165, 1.54) is 0 Å². The number of aromatic nitrogens is 1. The summed E-state index contributed by atoms with van der Waals surface area (Å²) in [5.74, 6) is 1.01. The first-order valence-corrected chi connectivity index (χ1v) is 13.2. The number of anilines is 5. The number of nitrogens with zero attached hydrogens (tertiary/aromatic N) is 5. The fraction of sp³-hybridized carbons (Fsp3) is 0.345. The van der Waals surface area contributed by atoms with Gasteiger partial charge in [0.1, 0.15) is 11.6 Å². The number of para-hydroxylation sites is 1. The molecule has 204 valence electrons. The molecule has 1 fully saturated rings. The molecule has 1 saturated heterocycles. The molecule has 3 aromatic rings. The van der Waals surface area contributed by atoms with E-state index in [-0.39, 0.29) is 18.4 Å². The van der Waals surface area contributed by atoms with E-state index in [0.29, 0.717) is 60.3 Å². The van der Waals surface area contributed by atoms with Crippen molar-refractivity contribution < 1.29 is 19.4 Å². The summed E-state index contributed by atoms with van der Waals surface area (Å²) in [5.41, 5.74) is 4.23. The second kappa shape index (κ2) is 11.3. The number of nitrogens with one attached hydrogen (secondary N) is 1. The van der Waals surface area contributed by atoms with Crippen molar-refractivity contribution in [3.63, 3.8) is 0 Å². The van der Waals surface area contributed by atoms with Crippen molar-refractivity contribution in [1.29, 1.82) is 0 Å². The summed E-state index contributed by atoms with van der Waals surface area (Å²) in [5, 5.41) is 12.5. The zero-order valence-corrected chi connectivity index (χ0v) is 22.6. The van der Waals surface area contributed by atoms with E-state index in [9.17, 15) is 9.59 Å². The van der Waals surface area contributed by atoms with Gasteiger partial charge in [-0.3, -0.25) is 14.5 Å². The molecule has 2 N–H and O–H groups in total. The van der Waals surface area contributed by atoms with Crippen LogP contribution in [-0.2, 0) is 0 Å². The number of carbonyl (C=O) groups excluding carboxylic acids is 2. The van der Waals surface area contributed by atoms with Crippen molar-refractivity contribution in [2.24, 2.45) is 0 Å². The summed E-state index contributed by atoms with van der Waals surface area (Å²) in [6.45, 7) is 5.82. The standard InChI is InChI=1S/C29H34N6O4/c1-4-39-26-17-20(28(37)35-13-11-34(12-14-35)15-16-36)9-10-22(26)31-27-18-24-25(19-30-27)33(3)29(38)21-7-5-6-8-23(21)32(24)2/h5-10,17-19,36H,4,11-16H2,1-3H3,(H,30,31). The highest BCUT2D eigenvalue weighted by Crippen LogP contribution is 2.40. The van der Waals surface area contributed by atoms with E-state index in [2.05, 4.69) is 15.2 Å². The van der Waals surface area contributed by atoms with Crippen molar-refractivity contribution in [1.82, 2.24) is 14.8 Å². The van der Waals surface area contributed by atoms with Crippen molar-refractivity contribution in [3.05, 3.63) is 65.9 Å². The zero-order valence-electron chi connectivity index (χ0n) is 22.6. The van der Waals surface area contributed by atoms with Crippen LogP contribution in [0, 0.1) is 0 Å². The van der Waals surface area contributed by atoms with Crippen molar-refractivity contribution >= 4 is 40.4 Å². The number of piperazine rings is 1. The van der Waals surface area contributed by atoms with Crippen LogP contribution in [0.2, 0.25) is 0 Å². The van der Waals surface area contributed by atoms with Gasteiger partial charge in [-0.1, -0.05) is 12.1 Å². The minimum atomic E-state index is -0.0904. The Morgan fingerprint density at radius 3 is 2.51 bits per heavy atom. The highest BCUT2D eigenvalue weighted by Gasteiger charge is 2.28. The van der Waals surface area contributed by atoms with Crippen LogP contribution in [0.4, 0.5) is 28.6 Å². The Hall–Kier alpha value is -4.15. The number of carbonyl (C=O) groups is 2. The number of aliphatic hydroxyl groups is 1. The predicted molar refractivity (Wildman–Crippen MR) is 152 cm³/mol. The van der Waals surface area contributed by atoms with Crippen LogP contribution in [0.5, 0.6) is 5.75 Å². The van der Waals surface area contributed by atoms with Crippen LogP contribution in [0.15, 0.2) is 54.7 Å². The molecule has 0 saturated carbocycles. The molecule has 0 radical (unpaired) electrons. The fourth-order valence-electron chi connectivity index (χ4n) is 5.07. The van der Waals surface area contributed by atoms with Crippen LogP contribution >= 0.6 is 0 Å². The summed E-state index contributed by atoms with van der Waals surface area (Å²) >= 11 is 0. The molecule has 0 unspecified atom stereocenters. The lowest BCUT2D eigenvalue weighted by molar-refractivity contribution is 0.0614. The number of aliphatic hydroxyl groups excluding tert-OH is 1. The summed E-state index contributed by atoms with van der Waals surface area (Å²) in [6.07, 6.45) is 1.69. The molecule has 0 aliphatic carbocycles. The molecular weight excluding hydrogens is 496 g/mol. The third-order valence-electron chi connectivity index (χ3n) is 7.25. The average Bonchev–Trinajstić information content (AvgIpc) is 3.04. The summed E-state index contributed by atoms with van der Waals surface area (Å²) in [7, 11) is 3.69. The van der Waals surface area contributed by atoms with E-state index in [0.717, 1.165) is 24.5 Å². The van der Waals surface area contributed by atoms with Crippen LogP contribution in [0.25, 0.3) is 0 Å². The largest absolute Gasteiger partial charge is 0.492 e. The van der Waals surface area contributed by atoms with Gasteiger partial charge >= 0.3 is 0 Å². The molecule has 5 rings (SSSR count). The molecule has 2 aromatic carbocycles. The smallest absolute Gasteiger partial charge is 0.260 e. The number of rotatable bonds is 7. The molecule has 39 heavy (non-hydrogen) atoms. The first-order chi connectivity index (χ1) is 18.9. The van der Waals surface area contributed by atoms with Gasteiger partial charge in [0.25, 0.3) is 11.8 Å². The molecule has 3 heterocycles. The Labute approximate surface area is 228 Å². The number of amides is 2. The quantitative estimate of drug-likeness (QED) is 0.480. The molecule has 2 amide bonds. The third kappa shape index (κ3) is 5.25. The van der Waals surface area contributed by atoms with E-state index in [1.807, 2.05) is 60.2 Å². The molecule has 0 bridgehead atoms. The van der Waals surface area contributed by atoms with Crippen LogP contribution in [0.1, 0.15) is 27.6 Å². The molecular formula is C29H34N6O4. The Bertz CT molecular complexity index is 1370. The van der Waals surface area contributed by atoms with E-state index in [4.69, 9.17) is 9.84 Å². The zero-order chi connectivity index (χ0) is 27.5. The number of β-amino-alcohol motifs (C(OH)–C–C–N with tert-alkyl or cyclic N) is 1. The maximum atomic E-state index is 13.2. The topological polar surface area (TPSA) is 101 Å². The number of pyridine rings is 1. The Kier molecular flexibility index (Phi) is 7.67. The molecule has 10 heteroatoms. The van der Waals surface area contributed by atoms with Crippen molar-refractivity contribution in [2.75, 3.05) is 75.1 Å². The Morgan fingerprint density at radius 1 is 1.00 bits per heavy atom. The van der Waals surface area contributed by atoms with Gasteiger partial charge in [0, 0.05) is 58.4 Å². The second-order valence-electron chi connectivity index (χ2n) is 9.62. The molecule has 0 atom stereocenters. The normalized spacial score (nSPS) is 15.5. The molecule has 1 aromatic heterocycles. The average molecular weight is 531 g/mol. The lowest BCUT2D eigenvalue weighted by Gasteiger charge is -2.34. The lowest BCUT2D eigenvalue weighted by atomic mass is 10.1. The number of hydrogen-bond acceptors (Lipinski definition) is 8. The maximum absolute atomic E-state index is 13.2. The van der Waals surface area contributed by atoms with Gasteiger partial charge in [-0.2, -0.15) is 0 Å². The lowest BCUT2D eigenvalue weighted by Crippen LogP contribution is -2.49. The van der Waals surface area contributed by atoms with E-state index >= 15 is 0 Å². The third-order valence-corrected chi connectivity index (χ3v) is 7.25. The predicted octanol–water partition coefficient (Wildman–Crippen LogP) is 3.33. The van der Waals surface area contributed by atoms with Gasteiger partial charge in [-0.25, -0.2) is 4.98 Å². The molecule has 0 spiro atoms. The highest BCUT2D eigenvalue weighted by molar-refractivity contribution is 6.13. The summed E-state index contributed by atoms with van der Waals surface area (Å²) in [4.78, 5) is 38.5. The fourth-order valence-corrected chi connectivity index (χ4v) is 5.07. The summed E-state index contributed by atoms with van der Waals surface area (Å²) in [6, 6.07) is 14.8. The minimum Gasteiger partial charge on any atom is -0.492 e. The highest BCUT2D eigenvalue weighted by atomic mass is 16.5.